The lowest BCUT2D eigenvalue weighted by atomic mass is 9.93. The topological polar surface area (TPSA) is 63.4 Å². The van der Waals surface area contributed by atoms with Gasteiger partial charge in [-0.1, -0.05) is 18.9 Å². The first kappa shape index (κ1) is 13.3. The molecule has 1 saturated heterocycles. The van der Waals surface area contributed by atoms with Gasteiger partial charge in [-0.3, -0.25) is 0 Å². The molecule has 6 heteroatoms. The number of aromatic nitrogens is 2. The van der Waals surface area contributed by atoms with E-state index in [2.05, 4.69) is 34.3 Å². The summed E-state index contributed by atoms with van der Waals surface area (Å²) < 4.78 is 10.6. The number of hydrogen-bond acceptors (Lipinski definition) is 6. The molecule has 18 heavy (non-hydrogen) atoms. The van der Waals surface area contributed by atoms with Crippen LogP contribution in [-0.4, -0.2) is 43.5 Å². The van der Waals surface area contributed by atoms with Crippen LogP contribution in [-0.2, 0) is 11.3 Å². The molecule has 1 aromatic heterocycles. The highest BCUT2D eigenvalue weighted by molar-refractivity contribution is 5.27. The van der Waals surface area contributed by atoms with Gasteiger partial charge >= 0.3 is 6.01 Å². The normalized spacial score (nSPS) is 18.5. The fourth-order valence-electron chi connectivity index (χ4n) is 2.09. The highest BCUT2D eigenvalue weighted by Gasteiger charge is 2.31. The molecule has 0 saturated carbocycles. The van der Waals surface area contributed by atoms with Crippen LogP contribution in [0.2, 0.25) is 0 Å². The summed E-state index contributed by atoms with van der Waals surface area (Å²) in [6, 6.07) is 0.643. The van der Waals surface area contributed by atoms with Crippen LogP contribution in [0.25, 0.3) is 0 Å². The van der Waals surface area contributed by atoms with Crippen molar-refractivity contribution in [1.29, 1.82) is 0 Å². The fourth-order valence-corrected chi connectivity index (χ4v) is 2.09. The Morgan fingerprint density at radius 3 is 2.94 bits per heavy atom. The van der Waals surface area contributed by atoms with Crippen LogP contribution in [0, 0.1) is 5.41 Å². The molecule has 2 heterocycles. The molecule has 2 rings (SSSR count). The lowest BCUT2D eigenvalue weighted by Gasteiger charge is -2.17. The number of rotatable bonds is 6. The summed E-state index contributed by atoms with van der Waals surface area (Å²) >= 11 is 0. The molecule has 102 valence electrons. The van der Waals surface area contributed by atoms with E-state index in [0.29, 0.717) is 30.5 Å². The Morgan fingerprint density at radius 2 is 2.28 bits per heavy atom. The number of ether oxygens (including phenoxy) is 1. The quantitative estimate of drug-likeness (QED) is 0.765. The van der Waals surface area contributed by atoms with E-state index in [1.165, 1.54) is 0 Å². The lowest BCUT2D eigenvalue weighted by Crippen LogP contribution is -2.22. The van der Waals surface area contributed by atoms with E-state index in [0.717, 1.165) is 26.1 Å². The summed E-state index contributed by atoms with van der Waals surface area (Å²) in [6.45, 7) is 8.55. The first-order chi connectivity index (χ1) is 8.61. The number of anilines is 1. The molecule has 0 spiro atoms. The monoisotopic (exact) mass is 254 g/mol. The van der Waals surface area contributed by atoms with Crippen molar-refractivity contribution in [2.45, 2.75) is 26.8 Å². The van der Waals surface area contributed by atoms with Crippen molar-refractivity contribution in [1.82, 2.24) is 15.5 Å². The van der Waals surface area contributed by atoms with Crippen LogP contribution < -0.4 is 10.2 Å². The third-order valence-electron chi connectivity index (χ3n) is 3.16. The minimum Gasteiger partial charge on any atom is -0.407 e. The van der Waals surface area contributed by atoms with Crippen LogP contribution in [0.15, 0.2) is 4.42 Å². The summed E-state index contributed by atoms with van der Waals surface area (Å²) in [5.41, 5.74) is 0.339. The van der Waals surface area contributed by atoms with Crippen molar-refractivity contribution in [3.8, 4) is 0 Å². The van der Waals surface area contributed by atoms with E-state index in [1.54, 1.807) is 7.11 Å². The van der Waals surface area contributed by atoms with Crippen LogP contribution in [0.4, 0.5) is 6.01 Å². The van der Waals surface area contributed by atoms with Crippen molar-refractivity contribution in [2.75, 3.05) is 38.3 Å². The zero-order valence-electron chi connectivity index (χ0n) is 11.4. The van der Waals surface area contributed by atoms with E-state index in [-0.39, 0.29) is 0 Å². The molecule has 6 nitrogen and oxygen atoms in total. The van der Waals surface area contributed by atoms with Gasteiger partial charge in [-0.05, 0) is 11.8 Å². The number of methoxy groups -OCH3 is 1. The molecule has 1 aromatic rings. The molecule has 0 aliphatic carbocycles. The molecule has 0 radical (unpaired) electrons. The molecular formula is C12H22N4O2. The first-order valence-electron chi connectivity index (χ1n) is 6.38. The van der Waals surface area contributed by atoms with Crippen molar-refractivity contribution in [3.05, 3.63) is 5.89 Å². The van der Waals surface area contributed by atoms with Crippen LogP contribution in [0.3, 0.4) is 0 Å². The van der Waals surface area contributed by atoms with E-state index in [9.17, 15) is 0 Å². The summed E-state index contributed by atoms with van der Waals surface area (Å²) in [7, 11) is 1.68. The molecule has 1 N–H and O–H groups in total. The number of nitrogens with zero attached hydrogens (tertiary/aromatic N) is 3. The number of nitrogens with one attached hydrogen (secondary N) is 1. The average Bonchev–Trinajstić information content (AvgIpc) is 2.91. The largest absolute Gasteiger partial charge is 0.407 e. The van der Waals surface area contributed by atoms with E-state index >= 15 is 0 Å². The van der Waals surface area contributed by atoms with Crippen molar-refractivity contribution >= 4 is 6.01 Å². The molecule has 1 aliphatic heterocycles. The van der Waals surface area contributed by atoms with E-state index < -0.39 is 0 Å². The molecule has 0 bridgehead atoms. The molecule has 1 aliphatic rings. The smallest absolute Gasteiger partial charge is 0.318 e. The predicted molar refractivity (Wildman–Crippen MR) is 68.5 cm³/mol. The zero-order valence-corrected chi connectivity index (χ0v) is 11.4. The van der Waals surface area contributed by atoms with Gasteiger partial charge in [0.25, 0.3) is 0 Å². The molecule has 0 unspecified atom stereocenters. The van der Waals surface area contributed by atoms with Crippen LogP contribution in [0.1, 0.15) is 26.2 Å². The fraction of sp³-hybridized carbons (Fsp3) is 0.833. The average molecular weight is 254 g/mol. The predicted octanol–water partition coefficient (Wildman–Crippen LogP) is 1.04. The van der Waals surface area contributed by atoms with Crippen LogP contribution >= 0.6 is 0 Å². The Hall–Kier alpha value is -1.14. The lowest BCUT2D eigenvalue weighted by molar-refractivity contribution is 0.198. The summed E-state index contributed by atoms with van der Waals surface area (Å²) in [4.78, 5) is 2.16. The highest BCUT2D eigenvalue weighted by atomic mass is 16.5. The van der Waals surface area contributed by atoms with Gasteiger partial charge in [0, 0.05) is 26.7 Å². The Kier molecular flexibility index (Phi) is 4.19. The SMILES string of the molecule is COCCNCc1nnc(N2CCC(C)(C)C2)o1. The Morgan fingerprint density at radius 1 is 1.44 bits per heavy atom. The maximum Gasteiger partial charge on any atom is 0.318 e. The summed E-state index contributed by atoms with van der Waals surface area (Å²) in [5, 5.41) is 11.3. The van der Waals surface area contributed by atoms with Crippen molar-refractivity contribution < 1.29 is 9.15 Å². The van der Waals surface area contributed by atoms with Crippen molar-refractivity contribution in [3.63, 3.8) is 0 Å². The Labute approximate surface area is 108 Å². The third kappa shape index (κ3) is 3.43. The summed E-state index contributed by atoms with van der Waals surface area (Å²) in [5.74, 6) is 0.630. The standard InChI is InChI=1S/C12H22N4O2/c1-12(2)4-6-16(9-12)11-15-14-10(18-11)8-13-5-7-17-3/h13H,4-9H2,1-3H3. The maximum atomic E-state index is 5.64. The Balaban J connectivity index is 1.83. The zero-order chi connectivity index (χ0) is 13.0. The molecule has 1 fully saturated rings. The third-order valence-corrected chi connectivity index (χ3v) is 3.16. The van der Waals surface area contributed by atoms with Gasteiger partial charge in [0.1, 0.15) is 0 Å². The van der Waals surface area contributed by atoms with Gasteiger partial charge in [-0.2, -0.15) is 0 Å². The molecular weight excluding hydrogens is 232 g/mol. The van der Waals surface area contributed by atoms with Gasteiger partial charge in [0.05, 0.1) is 13.2 Å². The minimum atomic E-state index is 0.339. The minimum absolute atomic E-state index is 0.339. The van der Waals surface area contributed by atoms with Crippen molar-refractivity contribution in [2.24, 2.45) is 5.41 Å². The molecule has 0 amide bonds. The van der Waals surface area contributed by atoms with Crippen LogP contribution in [0.5, 0.6) is 0 Å². The first-order valence-corrected chi connectivity index (χ1v) is 6.38. The van der Waals surface area contributed by atoms with E-state index in [4.69, 9.17) is 9.15 Å². The molecule has 0 aromatic carbocycles. The second kappa shape index (κ2) is 5.67. The van der Waals surface area contributed by atoms with Gasteiger partial charge in [0.2, 0.25) is 5.89 Å². The summed E-state index contributed by atoms with van der Waals surface area (Å²) in [6.07, 6.45) is 1.16. The van der Waals surface area contributed by atoms with Gasteiger partial charge in [0.15, 0.2) is 0 Å². The Bertz CT molecular complexity index is 378. The second-order valence-corrected chi connectivity index (χ2v) is 5.48. The highest BCUT2D eigenvalue weighted by Crippen LogP contribution is 2.31. The second-order valence-electron chi connectivity index (χ2n) is 5.48. The number of hydrogen-bond donors (Lipinski definition) is 1. The van der Waals surface area contributed by atoms with Gasteiger partial charge < -0.3 is 19.4 Å². The molecule has 0 atom stereocenters. The van der Waals surface area contributed by atoms with Gasteiger partial charge in [-0.15, -0.1) is 5.10 Å². The van der Waals surface area contributed by atoms with E-state index in [1.807, 2.05) is 0 Å². The maximum absolute atomic E-state index is 5.64. The van der Waals surface area contributed by atoms with Gasteiger partial charge in [-0.25, -0.2) is 0 Å².